The van der Waals surface area contributed by atoms with Gasteiger partial charge in [0.1, 0.15) is 0 Å². The maximum absolute atomic E-state index is 12.0. The lowest BCUT2D eigenvalue weighted by atomic mass is 10.1. The summed E-state index contributed by atoms with van der Waals surface area (Å²) in [6.45, 7) is 9.44. The molecule has 2 N–H and O–H groups in total. The van der Waals surface area contributed by atoms with Crippen molar-refractivity contribution >= 4 is 23.2 Å². The third-order valence-corrected chi connectivity index (χ3v) is 5.40. The Hall–Kier alpha value is -2.86. The summed E-state index contributed by atoms with van der Waals surface area (Å²) in [5.74, 6) is -1.21. The van der Waals surface area contributed by atoms with Crippen LogP contribution in [0.4, 0.5) is 11.4 Å². The van der Waals surface area contributed by atoms with Crippen molar-refractivity contribution in [2.45, 2.75) is 20.3 Å². The molecular formula is C23H30N4O2. The Balaban J connectivity index is 1.32. The molecule has 0 spiro atoms. The zero-order valence-electron chi connectivity index (χ0n) is 17.3. The number of anilines is 2. The second-order valence-electron chi connectivity index (χ2n) is 7.53. The van der Waals surface area contributed by atoms with Gasteiger partial charge in [0.2, 0.25) is 0 Å². The number of hydrogen-bond acceptors (Lipinski definition) is 4. The summed E-state index contributed by atoms with van der Waals surface area (Å²) >= 11 is 0. The van der Waals surface area contributed by atoms with Crippen LogP contribution in [-0.4, -0.2) is 56.0 Å². The maximum atomic E-state index is 12.0. The van der Waals surface area contributed by atoms with E-state index in [2.05, 4.69) is 44.7 Å². The van der Waals surface area contributed by atoms with Crippen molar-refractivity contribution in [3.05, 3.63) is 59.7 Å². The fourth-order valence-corrected chi connectivity index (χ4v) is 3.46. The van der Waals surface area contributed by atoms with Crippen LogP contribution in [0, 0.1) is 13.8 Å². The fourth-order valence-electron chi connectivity index (χ4n) is 3.46. The zero-order valence-corrected chi connectivity index (χ0v) is 17.3. The lowest BCUT2D eigenvalue weighted by Crippen LogP contribution is -2.47. The van der Waals surface area contributed by atoms with Gasteiger partial charge in [0.15, 0.2) is 0 Å². The molecule has 0 radical (unpaired) electrons. The molecular weight excluding hydrogens is 364 g/mol. The second kappa shape index (κ2) is 10.1. The van der Waals surface area contributed by atoms with E-state index in [-0.39, 0.29) is 0 Å². The van der Waals surface area contributed by atoms with E-state index in [9.17, 15) is 9.59 Å². The molecule has 2 aromatic rings. The highest BCUT2D eigenvalue weighted by Gasteiger charge is 2.17. The Morgan fingerprint density at radius 2 is 1.62 bits per heavy atom. The standard InChI is InChI=1S/C23H30N4O2/c1-18-9-10-20(17-19(18)2)25-23(29)22(28)24-11-6-12-26-13-15-27(16-14-26)21-7-4-3-5-8-21/h3-5,7-10,17H,6,11-16H2,1-2H3,(H,24,28)(H,25,29). The van der Waals surface area contributed by atoms with Gasteiger partial charge in [-0.15, -0.1) is 0 Å². The summed E-state index contributed by atoms with van der Waals surface area (Å²) in [7, 11) is 0. The first-order valence-electron chi connectivity index (χ1n) is 10.2. The number of aryl methyl sites for hydroxylation is 2. The van der Waals surface area contributed by atoms with E-state index in [4.69, 9.17) is 0 Å². The summed E-state index contributed by atoms with van der Waals surface area (Å²) in [5.41, 5.74) is 4.14. The fraction of sp³-hybridized carbons (Fsp3) is 0.391. The number of benzene rings is 2. The average Bonchev–Trinajstić information content (AvgIpc) is 2.74. The Bertz CT molecular complexity index is 830. The minimum absolute atomic E-state index is 0.498. The van der Waals surface area contributed by atoms with Crippen LogP contribution in [0.25, 0.3) is 0 Å². The molecule has 0 aliphatic carbocycles. The summed E-state index contributed by atoms with van der Waals surface area (Å²) in [6, 6.07) is 16.1. The van der Waals surface area contributed by atoms with E-state index in [0.29, 0.717) is 12.2 Å². The van der Waals surface area contributed by atoms with Gasteiger partial charge in [0.25, 0.3) is 0 Å². The summed E-state index contributed by atoms with van der Waals surface area (Å²) in [6.07, 6.45) is 0.827. The largest absolute Gasteiger partial charge is 0.369 e. The van der Waals surface area contributed by atoms with Crippen molar-refractivity contribution in [2.24, 2.45) is 0 Å². The molecule has 154 valence electrons. The van der Waals surface area contributed by atoms with Gasteiger partial charge < -0.3 is 15.5 Å². The van der Waals surface area contributed by atoms with Crippen LogP contribution in [0.15, 0.2) is 48.5 Å². The van der Waals surface area contributed by atoms with Gasteiger partial charge in [-0.05, 0) is 62.2 Å². The molecule has 6 nitrogen and oxygen atoms in total. The van der Waals surface area contributed by atoms with E-state index >= 15 is 0 Å². The van der Waals surface area contributed by atoms with Gasteiger partial charge in [-0.2, -0.15) is 0 Å². The van der Waals surface area contributed by atoms with Crippen LogP contribution in [-0.2, 0) is 9.59 Å². The van der Waals surface area contributed by atoms with Crippen molar-refractivity contribution in [2.75, 3.05) is 49.5 Å². The second-order valence-corrected chi connectivity index (χ2v) is 7.53. The first-order valence-corrected chi connectivity index (χ1v) is 10.2. The third-order valence-electron chi connectivity index (χ3n) is 5.40. The number of hydrogen-bond donors (Lipinski definition) is 2. The highest BCUT2D eigenvalue weighted by molar-refractivity contribution is 6.39. The lowest BCUT2D eigenvalue weighted by molar-refractivity contribution is -0.136. The van der Waals surface area contributed by atoms with Crippen LogP contribution in [0.2, 0.25) is 0 Å². The van der Waals surface area contributed by atoms with Gasteiger partial charge >= 0.3 is 11.8 Å². The number of amides is 2. The molecule has 1 aliphatic heterocycles. The number of carbonyl (C=O) groups is 2. The van der Waals surface area contributed by atoms with E-state index in [1.54, 1.807) is 0 Å². The molecule has 2 aromatic carbocycles. The number of para-hydroxylation sites is 1. The maximum Gasteiger partial charge on any atom is 0.313 e. The predicted molar refractivity (Wildman–Crippen MR) is 117 cm³/mol. The predicted octanol–water partition coefficient (Wildman–Crippen LogP) is 2.57. The quantitative estimate of drug-likeness (QED) is 0.584. The molecule has 1 heterocycles. The SMILES string of the molecule is Cc1ccc(NC(=O)C(=O)NCCCN2CCN(c3ccccc3)CC2)cc1C. The minimum atomic E-state index is -0.621. The highest BCUT2D eigenvalue weighted by atomic mass is 16.2. The molecule has 0 atom stereocenters. The Morgan fingerprint density at radius 3 is 2.31 bits per heavy atom. The van der Waals surface area contributed by atoms with Crippen molar-refractivity contribution in [3.63, 3.8) is 0 Å². The summed E-state index contributed by atoms with van der Waals surface area (Å²) in [4.78, 5) is 28.8. The normalized spacial score (nSPS) is 14.5. The molecule has 1 saturated heterocycles. The molecule has 3 rings (SSSR count). The number of rotatable bonds is 6. The number of piperazine rings is 1. The first kappa shape index (κ1) is 20.9. The van der Waals surface area contributed by atoms with Gasteiger partial charge in [-0.3, -0.25) is 14.5 Å². The van der Waals surface area contributed by atoms with Crippen molar-refractivity contribution in [3.8, 4) is 0 Å². The van der Waals surface area contributed by atoms with Gasteiger partial charge in [0, 0.05) is 44.1 Å². The van der Waals surface area contributed by atoms with Crippen LogP contribution >= 0.6 is 0 Å². The number of carbonyl (C=O) groups excluding carboxylic acids is 2. The van der Waals surface area contributed by atoms with E-state index in [1.165, 1.54) is 5.69 Å². The molecule has 0 saturated carbocycles. The van der Waals surface area contributed by atoms with E-state index in [0.717, 1.165) is 50.3 Å². The third kappa shape index (κ3) is 6.06. The minimum Gasteiger partial charge on any atom is -0.369 e. The van der Waals surface area contributed by atoms with Crippen LogP contribution < -0.4 is 15.5 Å². The Morgan fingerprint density at radius 1 is 0.897 bits per heavy atom. The van der Waals surface area contributed by atoms with E-state index in [1.807, 2.05) is 38.1 Å². The topological polar surface area (TPSA) is 64.7 Å². The van der Waals surface area contributed by atoms with Gasteiger partial charge in [-0.25, -0.2) is 0 Å². The molecule has 0 aromatic heterocycles. The molecule has 1 fully saturated rings. The van der Waals surface area contributed by atoms with Crippen LogP contribution in [0.5, 0.6) is 0 Å². The molecule has 0 unspecified atom stereocenters. The van der Waals surface area contributed by atoms with Crippen molar-refractivity contribution in [1.82, 2.24) is 10.2 Å². The van der Waals surface area contributed by atoms with Crippen molar-refractivity contribution in [1.29, 1.82) is 0 Å². The molecule has 0 bridgehead atoms. The zero-order chi connectivity index (χ0) is 20.6. The van der Waals surface area contributed by atoms with Crippen molar-refractivity contribution < 1.29 is 9.59 Å². The molecule has 29 heavy (non-hydrogen) atoms. The Kier molecular flexibility index (Phi) is 7.25. The average molecular weight is 395 g/mol. The number of nitrogens with zero attached hydrogens (tertiary/aromatic N) is 2. The molecule has 1 aliphatic rings. The monoisotopic (exact) mass is 394 g/mol. The highest BCUT2D eigenvalue weighted by Crippen LogP contribution is 2.16. The van der Waals surface area contributed by atoms with Crippen LogP contribution in [0.1, 0.15) is 17.5 Å². The molecule has 2 amide bonds. The Labute approximate surface area is 172 Å². The van der Waals surface area contributed by atoms with Crippen LogP contribution in [0.3, 0.4) is 0 Å². The summed E-state index contributed by atoms with van der Waals surface area (Å²) in [5, 5.41) is 5.37. The molecule has 6 heteroatoms. The lowest BCUT2D eigenvalue weighted by Gasteiger charge is -2.36. The van der Waals surface area contributed by atoms with Gasteiger partial charge in [0.05, 0.1) is 0 Å². The smallest absolute Gasteiger partial charge is 0.313 e. The first-order chi connectivity index (χ1) is 14.0. The van der Waals surface area contributed by atoms with E-state index < -0.39 is 11.8 Å². The summed E-state index contributed by atoms with van der Waals surface area (Å²) < 4.78 is 0. The number of nitrogens with one attached hydrogen (secondary N) is 2. The van der Waals surface area contributed by atoms with Gasteiger partial charge in [-0.1, -0.05) is 24.3 Å².